The van der Waals surface area contributed by atoms with Gasteiger partial charge < -0.3 is 9.47 Å². The van der Waals surface area contributed by atoms with Gasteiger partial charge in [-0.2, -0.15) is 0 Å². The van der Waals surface area contributed by atoms with E-state index in [0.717, 1.165) is 51.1 Å². The Morgan fingerprint density at radius 3 is 2.68 bits per heavy atom. The summed E-state index contributed by atoms with van der Waals surface area (Å²) in [6.45, 7) is 2.55. The minimum atomic E-state index is 0.273. The van der Waals surface area contributed by atoms with Gasteiger partial charge in [-0.1, -0.05) is 12.8 Å². The first kappa shape index (κ1) is 16.3. The van der Waals surface area contributed by atoms with Crippen LogP contribution in [0.5, 0.6) is 0 Å². The standard InChI is InChI=1S/C20H26N4O/c25-20(17-4-1-2-5-17)24-12-3-6-18(15-24)19-22-11-13-23(19)14-16-7-9-21-10-8-16/h7-11,13,17-18H,1-6,12,14-15H2. The summed E-state index contributed by atoms with van der Waals surface area (Å²) in [7, 11) is 0. The predicted octanol–water partition coefficient (Wildman–Crippen LogP) is 3.22. The highest BCUT2D eigenvalue weighted by atomic mass is 16.2. The molecular weight excluding hydrogens is 312 g/mol. The van der Waals surface area contributed by atoms with Crippen molar-refractivity contribution in [1.29, 1.82) is 0 Å². The molecule has 5 nitrogen and oxygen atoms in total. The minimum absolute atomic E-state index is 0.273. The monoisotopic (exact) mass is 338 g/mol. The molecule has 132 valence electrons. The van der Waals surface area contributed by atoms with E-state index in [-0.39, 0.29) is 5.92 Å². The summed E-state index contributed by atoms with van der Waals surface area (Å²) in [6.07, 6.45) is 14.4. The summed E-state index contributed by atoms with van der Waals surface area (Å²) in [5, 5.41) is 0. The number of nitrogens with zero attached hydrogens (tertiary/aromatic N) is 4. The Kier molecular flexibility index (Phi) is 4.81. The number of hydrogen-bond acceptors (Lipinski definition) is 3. The number of aromatic nitrogens is 3. The number of rotatable bonds is 4. The summed E-state index contributed by atoms with van der Waals surface area (Å²) in [5.41, 5.74) is 1.23. The van der Waals surface area contributed by atoms with E-state index in [1.54, 1.807) is 0 Å². The Morgan fingerprint density at radius 1 is 1.08 bits per heavy atom. The maximum absolute atomic E-state index is 12.8. The van der Waals surface area contributed by atoms with Crippen LogP contribution in [0.25, 0.3) is 0 Å². The fourth-order valence-electron chi connectivity index (χ4n) is 4.32. The van der Waals surface area contributed by atoms with E-state index in [2.05, 4.69) is 19.4 Å². The lowest BCUT2D eigenvalue weighted by molar-refractivity contribution is -0.136. The summed E-state index contributed by atoms with van der Waals surface area (Å²) in [5.74, 6) is 2.11. The average Bonchev–Trinajstić information content (AvgIpc) is 3.34. The number of likely N-dealkylation sites (tertiary alicyclic amines) is 1. The van der Waals surface area contributed by atoms with Crippen molar-refractivity contribution in [2.45, 2.75) is 51.0 Å². The molecule has 1 saturated carbocycles. The van der Waals surface area contributed by atoms with Crippen LogP contribution in [0.3, 0.4) is 0 Å². The fraction of sp³-hybridized carbons (Fsp3) is 0.550. The number of piperidine rings is 1. The van der Waals surface area contributed by atoms with Gasteiger partial charge in [-0.05, 0) is 43.4 Å². The van der Waals surface area contributed by atoms with Gasteiger partial charge in [-0.3, -0.25) is 9.78 Å². The highest BCUT2D eigenvalue weighted by Gasteiger charge is 2.32. The van der Waals surface area contributed by atoms with Crippen LogP contribution in [-0.4, -0.2) is 38.4 Å². The summed E-state index contributed by atoms with van der Waals surface area (Å²) in [4.78, 5) is 23.6. The van der Waals surface area contributed by atoms with E-state index in [4.69, 9.17) is 0 Å². The van der Waals surface area contributed by atoms with Gasteiger partial charge in [-0.15, -0.1) is 0 Å². The largest absolute Gasteiger partial charge is 0.342 e. The first-order chi connectivity index (χ1) is 12.3. The zero-order chi connectivity index (χ0) is 17.1. The summed E-state index contributed by atoms with van der Waals surface area (Å²) < 4.78 is 2.23. The molecule has 2 aromatic heterocycles. The van der Waals surface area contributed by atoms with Crippen molar-refractivity contribution >= 4 is 5.91 Å². The molecule has 4 rings (SSSR count). The van der Waals surface area contributed by atoms with Crippen LogP contribution in [-0.2, 0) is 11.3 Å². The van der Waals surface area contributed by atoms with E-state index >= 15 is 0 Å². The lowest BCUT2D eigenvalue weighted by Gasteiger charge is -2.34. The van der Waals surface area contributed by atoms with Crippen molar-refractivity contribution in [2.24, 2.45) is 5.92 Å². The number of hydrogen-bond donors (Lipinski definition) is 0. The number of carbonyl (C=O) groups excluding carboxylic acids is 1. The van der Waals surface area contributed by atoms with Gasteiger partial charge in [-0.25, -0.2) is 4.98 Å². The van der Waals surface area contributed by atoms with Gasteiger partial charge in [0.25, 0.3) is 0 Å². The second kappa shape index (κ2) is 7.38. The lowest BCUT2D eigenvalue weighted by Crippen LogP contribution is -2.42. The first-order valence-corrected chi connectivity index (χ1v) is 9.50. The maximum Gasteiger partial charge on any atom is 0.225 e. The van der Waals surface area contributed by atoms with Gasteiger partial charge in [0, 0.05) is 56.3 Å². The fourth-order valence-corrected chi connectivity index (χ4v) is 4.32. The van der Waals surface area contributed by atoms with Crippen LogP contribution in [0.2, 0.25) is 0 Å². The van der Waals surface area contributed by atoms with E-state index in [9.17, 15) is 4.79 Å². The van der Waals surface area contributed by atoms with E-state index in [1.807, 2.05) is 36.9 Å². The van der Waals surface area contributed by atoms with Crippen molar-refractivity contribution in [3.8, 4) is 0 Å². The van der Waals surface area contributed by atoms with Gasteiger partial charge in [0.1, 0.15) is 5.82 Å². The van der Waals surface area contributed by atoms with Crippen LogP contribution in [0.1, 0.15) is 55.8 Å². The Labute approximate surface area is 149 Å². The molecule has 1 aliphatic carbocycles. The first-order valence-electron chi connectivity index (χ1n) is 9.50. The highest BCUT2D eigenvalue weighted by molar-refractivity contribution is 5.79. The van der Waals surface area contributed by atoms with E-state index in [1.165, 1.54) is 18.4 Å². The van der Waals surface area contributed by atoms with Crippen molar-refractivity contribution in [1.82, 2.24) is 19.4 Å². The number of carbonyl (C=O) groups is 1. The van der Waals surface area contributed by atoms with E-state index < -0.39 is 0 Å². The lowest BCUT2D eigenvalue weighted by atomic mass is 9.95. The second-order valence-corrected chi connectivity index (χ2v) is 7.37. The van der Waals surface area contributed by atoms with Gasteiger partial charge >= 0.3 is 0 Å². The van der Waals surface area contributed by atoms with Crippen molar-refractivity contribution in [2.75, 3.05) is 13.1 Å². The maximum atomic E-state index is 12.8. The van der Waals surface area contributed by atoms with Crippen LogP contribution in [0, 0.1) is 5.92 Å². The number of pyridine rings is 1. The second-order valence-electron chi connectivity index (χ2n) is 7.37. The molecule has 1 amide bonds. The normalized spacial score (nSPS) is 21.6. The molecule has 0 bridgehead atoms. The smallest absolute Gasteiger partial charge is 0.225 e. The molecule has 0 spiro atoms. The van der Waals surface area contributed by atoms with Crippen molar-refractivity contribution in [3.05, 3.63) is 48.3 Å². The van der Waals surface area contributed by atoms with Gasteiger partial charge in [0.05, 0.1) is 0 Å². The third kappa shape index (κ3) is 3.60. The molecule has 1 atom stereocenters. The molecule has 0 aromatic carbocycles. The molecule has 0 radical (unpaired) electrons. The number of amides is 1. The van der Waals surface area contributed by atoms with Crippen LogP contribution in [0.15, 0.2) is 36.9 Å². The Balaban J connectivity index is 1.46. The van der Waals surface area contributed by atoms with Crippen molar-refractivity contribution < 1.29 is 4.79 Å². The molecule has 25 heavy (non-hydrogen) atoms. The molecule has 3 heterocycles. The topological polar surface area (TPSA) is 51.0 Å². The quantitative estimate of drug-likeness (QED) is 0.860. The molecule has 5 heteroatoms. The van der Waals surface area contributed by atoms with Crippen LogP contribution >= 0.6 is 0 Å². The molecule has 0 N–H and O–H groups in total. The van der Waals surface area contributed by atoms with Crippen molar-refractivity contribution in [3.63, 3.8) is 0 Å². The average molecular weight is 338 g/mol. The zero-order valence-corrected chi connectivity index (χ0v) is 14.7. The van der Waals surface area contributed by atoms with Gasteiger partial charge in [0.2, 0.25) is 5.91 Å². The molecule has 1 unspecified atom stereocenters. The molecule has 2 fully saturated rings. The molecule has 2 aromatic rings. The summed E-state index contributed by atoms with van der Waals surface area (Å²) in [6, 6.07) is 4.08. The van der Waals surface area contributed by atoms with E-state index in [0.29, 0.717) is 11.8 Å². The Bertz CT molecular complexity index is 705. The highest BCUT2D eigenvalue weighted by Crippen LogP contribution is 2.31. The third-order valence-corrected chi connectivity index (χ3v) is 5.65. The molecule has 2 aliphatic rings. The third-order valence-electron chi connectivity index (χ3n) is 5.65. The SMILES string of the molecule is O=C(C1CCCC1)N1CCCC(c2nccn2Cc2ccncc2)C1. The number of imidazole rings is 1. The van der Waals surface area contributed by atoms with Gasteiger partial charge in [0.15, 0.2) is 0 Å². The summed E-state index contributed by atoms with van der Waals surface area (Å²) >= 11 is 0. The Morgan fingerprint density at radius 2 is 1.88 bits per heavy atom. The van der Waals surface area contributed by atoms with Crippen LogP contribution < -0.4 is 0 Å². The Hall–Kier alpha value is -2.17. The molecule has 1 saturated heterocycles. The predicted molar refractivity (Wildman–Crippen MR) is 96.1 cm³/mol. The minimum Gasteiger partial charge on any atom is -0.342 e. The molecular formula is C20H26N4O. The molecule has 1 aliphatic heterocycles. The van der Waals surface area contributed by atoms with Crippen LogP contribution in [0.4, 0.5) is 0 Å². The zero-order valence-electron chi connectivity index (χ0n) is 14.7.